The first-order valence-electron chi connectivity index (χ1n) is 5.71. The van der Waals surface area contributed by atoms with Gasteiger partial charge >= 0.3 is 6.18 Å². The molecule has 3 nitrogen and oxygen atoms in total. The second-order valence-electron chi connectivity index (χ2n) is 4.08. The van der Waals surface area contributed by atoms with Crippen LogP contribution in [0.1, 0.15) is 38.4 Å². The van der Waals surface area contributed by atoms with Crippen molar-refractivity contribution < 1.29 is 17.9 Å². The van der Waals surface area contributed by atoms with Gasteiger partial charge in [0.25, 0.3) is 0 Å². The summed E-state index contributed by atoms with van der Waals surface area (Å²) in [6.45, 7) is 3.89. The highest BCUT2D eigenvalue weighted by Gasteiger charge is 2.26. The molecule has 0 aromatic carbocycles. The van der Waals surface area contributed by atoms with E-state index >= 15 is 0 Å². The van der Waals surface area contributed by atoms with Crippen molar-refractivity contribution >= 4 is 22.6 Å². The molecule has 0 N–H and O–H groups in total. The number of nitrogens with zero attached hydrogens (tertiary/aromatic N) is 2. The molecule has 0 unspecified atom stereocenters. The summed E-state index contributed by atoms with van der Waals surface area (Å²) >= 11 is 2.11. The fourth-order valence-corrected chi connectivity index (χ4v) is 1.82. The summed E-state index contributed by atoms with van der Waals surface area (Å²) in [6.07, 6.45) is -2.25. The molecule has 0 fully saturated rings. The lowest BCUT2D eigenvalue weighted by Crippen LogP contribution is -2.12. The fraction of sp³-hybridized carbons (Fsp3) is 0.727. The maximum absolute atomic E-state index is 11.9. The van der Waals surface area contributed by atoms with Crippen LogP contribution in [0.5, 0.6) is 0 Å². The number of ether oxygens (including phenoxy) is 1. The van der Waals surface area contributed by atoms with Crippen LogP contribution in [0.25, 0.3) is 0 Å². The van der Waals surface area contributed by atoms with Crippen molar-refractivity contribution in [2.24, 2.45) is 0 Å². The third-order valence-corrected chi connectivity index (χ3v) is 3.47. The Morgan fingerprint density at radius 1 is 1.50 bits per heavy atom. The zero-order chi connectivity index (χ0) is 13.8. The van der Waals surface area contributed by atoms with Crippen LogP contribution in [0.3, 0.4) is 0 Å². The first-order valence-corrected chi connectivity index (χ1v) is 6.79. The number of halogens is 4. The maximum atomic E-state index is 11.9. The van der Waals surface area contributed by atoms with E-state index in [9.17, 15) is 13.2 Å². The molecule has 1 heterocycles. The number of hydrogen-bond donors (Lipinski definition) is 0. The third kappa shape index (κ3) is 5.13. The van der Waals surface area contributed by atoms with Crippen molar-refractivity contribution in [1.29, 1.82) is 0 Å². The van der Waals surface area contributed by atoms with Crippen LogP contribution >= 0.6 is 22.6 Å². The van der Waals surface area contributed by atoms with Crippen molar-refractivity contribution in [2.75, 3.05) is 6.61 Å². The lowest BCUT2D eigenvalue weighted by atomic mass is 10.3. The number of aromatic nitrogens is 2. The molecule has 0 spiro atoms. The molecule has 104 valence electrons. The van der Waals surface area contributed by atoms with E-state index in [1.54, 1.807) is 0 Å². The smallest absolute Gasteiger partial charge is 0.375 e. The number of alkyl halides is 3. The van der Waals surface area contributed by atoms with Crippen LogP contribution in [0.15, 0.2) is 6.20 Å². The van der Waals surface area contributed by atoms with E-state index in [4.69, 9.17) is 4.74 Å². The van der Waals surface area contributed by atoms with Gasteiger partial charge in [0.2, 0.25) is 0 Å². The lowest BCUT2D eigenvalue weighted by molar-refractivity contribution is -0.146. The first-order chi connectivity index (χ1) is 8.33. The second kappa shape index (κ2) is 6.74. The molecule has 0 bridgehead atoms. The monoisotopic (exact) mass is 376 g/mol. The van der Waals surface area contributed by atoms with Crippen molar-refractivity contribution in [3.63, 3.8) is 0 Å². The van der Waals surface area contributed by atoms with E-state index < -0.39 is 12.6 Å². The molecule has 0 aliphatic carbocycles. The second-order valence-corrected chi connectivity index (χ2v) is 5.24. The molecule has 0 amide bonds. The van der Waals surface area contributed by atoms with E-state index in [0.717, 1.165) is 9.99 Å². The standard InChI is InChI=1S/C11H16F3IN2O/c1-3-8(2)17-6-9(15)10(16-17)7-18-5-4-11(12,13)14/h6,8H,3-5,7H2,1-2H3/t8-/m1/s1. The minimum atomic E-state index is -4.16. The SMILES string of the molecule is CC[C@@H](C)n1cc(I)c(COCCC(F)(F)F)n1. The van der Waals surface area contributed by atoms with Gasteiger partial charge in [-0.25, -0.2) is 0 Å². The van der Waals surface area contributed by atoms with Crippen molar-refractivity contribution in [3.8, 4) is 0 Å². The van der Waals surface area contributed by atoms with E-state index in [1.165, 1.54) is 0 Å². The Morgan fingerprint density at radius 2 is 2.17 bits per heavy atom. The van der Waals surface area contributed by atoms with Gasteiger partial charge in [-0.05, 0) is 35.9 Å². The van der Waals surface area contributed by atoms with Gasteiger partial charge in [0.15, 0.2) is 0 Å². The largest absolute Gasteiger partial charge is 0.391 e. The lowest BCUT2D eigenvalue weighted by Gasteiger charge is -2.08. The predicted octanol–water partition coefficient (Wildman–Crippen LogP) is 3.93. The average Bonchev–Trinajstić information content (AvgIpc) is 2.64. The summed E-state index contributed by atoms with van der Waals surface area (Å²) < 4.78 is 43.5. The van der Waals surface area contributed by atoms with Gasteiger partial charge in [0, 0.05) is 12.2 Å². The Balaban J connectivity index is 2.45. The third-order valence-electron chi connectivity index (χ3n) is 2.57. The quantitative estimate of drug-likeness (QED) is 0.556. The molecular formula is C11H16F3IN2O. The van der Waals surface area contributed by atoms with Gasteiger partial charge in [0.1, 0.15) is 5.69 Å². The highest BCUT2D eigenvalue weighted by atomic mass is 127. The Hall–Kier alpha value is -0.310. The minimum absolute atomic E-state index is 0.123. The normalized spacial score (nSPS) is 13.9. The van der Waals surface area contributed by atoms with Gasteiger partial charge in [0.05, 0.1) is 23.2 Å². The molecule has 0 radical (unpaired) electrons. The molecule has 1 rings (SSSR count). The molecule has 0 saturated heterocycles. The van der Waals surface area contributed by atoms with Crippen LogP contribution in [-0.2, 0) is 11.3 Å². The van der Waals surface area contributed by atoms with Gasteiger partial charge in [-0.1, -0.05) is 6.92 Å². The zero-order valence-electron chi connectivity index (χ0n) is 10.3. The number of rotatable bonds is 6. The molecular weight excluding hydrogens is 360 g/mol. The highest BCUT2D eigenvalue weighted by molar-refractivity contribution is 14.1. The summed E-state index contributed by atoms with van der Waals surface area (Å²) in [6, 6.07) is 0.280. The molecule has 1 aromatic rings. The van der Waals surface area contributed by atoms with E-state index in [0.29, 0.717) is 5.69 Å². The Kier molecular flexibility index (Phi) is 5.90. The average molecular weight is 376 g/mol. The van der Waals surface area contributed by atoms with Gasteiger partial charge in [-0.3, -0.25) is 4.68 Å². The predicted molar refractivity (Wildman–Crippen MR) is 70.3 cm³/mol. The Labute approximate surface area is 118 Å². The Morgan fingerprint density at radius 3 is 2.72 bits per heavy atom. The van der Waals surface area contributed by atoms with E-state index in [1.807, 2.05) is 17.8 Å². The van der Waals surface area contributed by atoms with Gasteiger partial charge < -0.3 is 4.74 Å². The summed E-state index contributed by atoms with van der Waals surface area (Å²) in [7, 11) is 0. The highest BCUT2D eigenvalue weighted by Crippen LogP contribution is 2.20. The van der Waals surface area contributed by atoms with Crippen LogP contribution in [0, 0.1) is 3.57 Å². The molecule has 0 aliphatic rings. The van der Waals surface area contributed by atoms with Crippen LogP contribution < -0.4 is 0 Å². The van der Waals surface area contributed by atoms with E-state index in [2.05, 4.69) is 34.6 Å². The fourth-order valence-electron chi connectivity index (χ4n) is 1.27. The molecule has 0 aliphatic heterocycles. The summed E-state index contributed by atoms with van der Waals surface area (Å²) in [4.78, 5) is 0. The van der Waals surface area contributed by atoms with Crippen LogP contribution in [-0.4, -0.2) is 22.6 Å². The molecule has 0 saturated carbocycles. The van der Waals surface area contributed by atoms with Gasteiger partial charge in [-0.2, -0.15) is 18.3 Å². The van der Waals surface area contributed by atoms with Crippen LogP contribution in [0.4, 0.5) is 13.2 Å². The molecule has 1 atom stereocenters. The van der Waals surface area contributed by atoms with Gasteiger partial charge in [-0.15, -0.1) is 0 Å². The minimum Gasteiger partial charge on any atom is -0.375 e. The molecule has 18 heavy (non-hydrogen) atoms. The zero-order valence-corrected chi connectivity index (χ0v) is 12.5. The van der Waals surface area contributed by atoms with Crippen molar-refractivity contribution in [1.82, 2.24) is 9.78 Å². The maximum Gasteiger partial charge on any atom is 0.391 e. The molecule has 7 heteroatoms. The number of hydrogen-bond acceptors (Lipinski definition) is 2. The van der Waals surface area contributed by atoms with Crippen molar-refractivity contribution in [2.45, 2.75) is 45.5 Å². The summed E-state index contributed by atoms with van der Waals surface area (Å²) in [5, 5.41) is 4.32. The summed E-state index contributed by atoms with van der Waals surface area (Å²) in [5.74, 6) is 0. The first kappa shape index (κ1) is 15.7. The Bertz CT molecular complexity index is 379. The summed E-state index contributed by atoms with van der Waals surface area (Å²) in [5.41, 5.74) is 0.693. The van der Waals surface area contributed by atoms with Crippen molar-refractivity contribution in [3.05, 3.63) is 15.5 Å². The molecule has 1 aromatic heterocycles. The van der Waals surface area contributed by atoms with Crippen LogP contribution in [0.2, 0.25) is 0 Å². The topological polar surface area (TPSA) is 27.1 Å². The van der Waals surface area contributed by atoms with E-state index in [-0.39, 0.29) is 19.3 Å².